The molecule has 6 nitrogen and oxygen atoms in total. The lowest BCUT2D eigenvalue weighted by Gasteiger charge is -2.42. The lowest BCUT2D eigenvalue weighted by Crippen LogP contribution is -2.56. The first kappa shape index (κ1) is 15.4. The van der Waals surface area contributed by atoms with Gasteiger partial charge >= 0.3 is 0 Å². The summed E-state index contributed by atoms with van der Waals surface area (Å²) in [7, 11) is 0. The second-order valence-electron chi connectivity index (χ2n) is 6.82. The number of likely N-dealkylation sites (tertiary alicyclic amines) is 1. The molecule has 0 aromatic heterocycles. The summed E-state index contributed by atoms with van der Waals surface area (Å²) in [5.41, 5.74) is 0.455. The molecular formula is C18H22N2O4. The van der Waals surface area contributed by atoms with Gasteiger partial charge in [-0.15, -0.1) is 0 Å². The number of aryl methyl sites for hydroxylation is 1. The Morgan fingerprint density at radius 2 is 2.08 bits per heavy atom. The molecule has 0 aliphatic carbocycles. The average Bonchev–Trinajstić information content (AvgIpc) is 3.06. The maximum atomic E-state index is 12.7. The van der Waals surface area contributed by atoms with Gasteiger partial charge in [-0.05, 0) is 30.5 Å². The third kappa shape index (κ3) is 2.36. The van der Waals surface area contributed by atoms with E-state index in [0.29, 0.717) is 38.8 Å². The molecule has 3 heterocycles. The standard InChI is InChI=1S/C18H22N2O4/c21-14-5-2-13(3-6-14)4-7-16(22)19-10-8-18-15(19)12-17(23)20(18)9-1-11-24-18/h2-3,5-6,15,21H,1,4,7-12H2/t15-,18+/m1/s1. The van der Waals surface area contributed by atoms with E-state index in [1.165, 1.54) is 0 Å². The number of hydrogen-bond donors (Lipinski definition) is 1. The monoisotopic (exact) mass is 330 g/mol. The smallest absolute Gasteiger partial charge is 0.227 e. The van der Waals surface area contributed by atoms with E-state index in [4.69, 9.17) is 4.74 Å². The Hall–Kier alpha value is -2.08. The van der Waals surface area contributed by atoms with Gasteiger partial charge in [-0.1, -0.05) is 12.1 Å². The van der Waals surface area contributed by atoms with Crippen molar-refractivity contribution in [3.8, 4) is 5.75 Å². The summed E-state index contributed by atoms with van der Waals surface area (Å²) in [5.74, 6) is 0.412. The zero-order chi connectivity index (χ0) is 16.7. The second kappa shape index (κ2) is 5.77. The van der Waals surface area contributed by atoms with E-state index in [9.17, 15) is 14.7 Å². The number of rotatable bonds is 3. The SMILES string of the molecule is O=C(CCc1ccc(O)cc1)N1CC[C@@]23OCCCN2C(=O)C[C@@H]13. The van der Waals surface area contributed by atoms with E-state index in [2.05, 4.69) is 0 Å². The topological polar surface area (TPSA) is 70.1 Å². The highest BCUT2D eigenvalue weighted by molar-refractivity contribution is 5.84. The fourth-order valence-electron chi connectivity index (χ4n) is 4.31. The normalized spacial score (nSPS) is 28.8. The van der Waals surface area contributed by atoms with Gasteiger partial charge < -0.3 is 19.6 Å². The van der Waals surface area contributed by atoms with Crippen LogP contribution in [0.4, 0.5) is 0 Å². The Kier molecular flexibility index (Phi) is 3.72. The highest BCUT2D eigenvalue weighted by Crippen LogP contribution is 2.45. The van der Waals surface area contributed by atoms with Crippen molar-refractivity contribution in [1.82, 2.24) is 9.80 Å². The van der Waals surface area contributed by atoms with E-state index in [1.807, 2.05) is 21.9 Å². The van der Waals surface area contributed by atoms with Crippen molar-refractivity contribution in [3.05, 3.63) is 29.8 Å². The number of carbonyl (C=O) groups is 2. The Morgan fingerprint density at radius 3 is 2.88 bits per heavy atom. The molecule has 3 fully saturated rings. The molecule has 2 atom stereocenters. The van der Waals surface area contributed by atoms with Crippen molar-refractivity contribution in [2.24, 2.45) is 0 Å². The summed E-state index contributed by atoms with van der Waals surface area (Å²) in [6.07, 6.45) is 3.01. The van der Waals surface area contributed by atoms with E-state index in [0.717, 1.165) is 18.5 Å². The van der Waals surface area contributed by atoms with Crippen LogP contribution in [0.5, 0.6) is 5.75 Å². The molecule has 0 bridgehead atoms. The number of carbonyl (C=O) groups excluding carboxylic acids is 2. The quantitative estimate of drug-likeness (QED) is 0.906. The maximum Gasteiger partial charge on any atom is 0.227 e. The first-order valence-corrected chi connectivity index (χ1v) is 8.62. The largest absolute Gasteiger partial charge is 0.508 e. The third-order valence-electron chi connectivity index (χ3n) is 5.50. The summed E-state index contributed by atoms with van der Waals surface area (Å²) in [5, 5.41) is 9.32. The molecular weight excluding hydrogens is 308 g/mol. The average molecular weight is 330 g/mol. The lowest BCUT2D eigenvalue weighted by molar-refractivity contribution is -0.181. The molecule has 3 saturated heterocycles. The summed E-state index contributed by atoms with van der Waals surface area (Å²) < 4.78 is 6.02. The Balaban J connectivity index is 1.44. The molecule has 0 radical (unpaired) electrons. The van der Waals surface area contributed by atoms with E-state index in [-0.39, 0.29) is 23.6 Å². The van der Waals surface area contributed by atoms with Crippen molar-refractivity contribution in [2.45, 2.75) is 43.9 Å². The summed E-state index contributed by atoms with van der Waals surface area (Å²) in [4.78, 5) is 28.7. The van der Waals surface area contributed by atoms with Gasteiger partial charge in [0, 0.05) is 25.9 Å². The predicted molar refractivity (Wildman–Crippen MR) is 86.2 cm³/mol. The Morgan fingerprint density at radius 1 is 1.29 bits per heavy atom. The zero-order valence-electron chi connectivity index (χ0n) is 13.6. The van der Waals surface area contributed by atoms with Gasteiger partial charge in [0.1, 0.15) is 5.75 Å². The molecule has 0 saturated carbocycles. The van der Waals surface area contributed by atoms with Crippen LogP contribution < -0.4 is 0 Å². The first-order valence-electron chi connectivity index (χ1n) is 8.62. The Labute approximate surface area is 141 Å². The lowest BCUT2D eigenvalue weighted by atomic mass is 10.0. The van der Waals surface area contributed by atoms with Gasteiger partial charge in [0.15, 0.2) is 5.72 Å². The van der Waals surface area contributed by atoms with Crippen LogP contribution in [0, 0.1) is 0 Å². The molecule has 3 aliphatic rings. The number of nitrogens with zero attached hydrogens (tertiary/aromatic N) is 2. The van der Waals surface area contributed by atoms with Gasteiger partial charge in [-0.3, -0.25) is 9.59 Å². The van der Waals surface area contributed by atoms with Crippen molar-refractivity contribution in [1.29, 1.82) is 0 Å². The molecule has 1 N–H and O–H groups in total. The van der Waals surface area contributed by atoms with Crippen LogP contribution in [-0.2, 0) is 20.7 Å². The van der Waals surface area contributed by atoms with Crippen LogP contribution >= 0.6 is 0 Å². The summed E-state index contributed by atoms with van der Waals surface area (Å²) in [6, 6.07) is 6.79. The number of amides is 2. The number of benzene rings is 1. The molecule has 3 aliphatic heterocycles. The van der Waals surface area contributed by atoms with Crippen LogP contribution in [0.2, 0.25) is 0 Å². The summed E-state index contributed by atoms with van der Waals surface area (Å²) in [6.45, 7) is 2.06. The number of phenols is 1. The summed E-state index contributed by atoms with van der Waals surface area (Å²) >= 11 is 0. The van der Waals surface area contributed by atoms with Crippen LogP contribution in [0.15, 0.2) is 24.3 Å². The molecule has 128 valence electrons. The van der Waals surface area contributed by atoms with Crippen LogP contribution in [0.3, 0.4) is 0 Å². The Bertz CT molecular complexity index is 659. The van der Waals surface area contributed by atoms with Crippen LogP contribution in [0.1, 0.15) is 31.2 Å². The molecule has 24 heavy (non-hydrogen) atoms. The number of aromatic hydroxyl groups is 1. The van der Waals surface area contributed by atoms with Crippen LogP contribution in [-0.4, -0.2) is 58.2 Å². The molecule has 1 aromatic carbocycles. The minimum atomic E-state index is -0.566. The fourth-order valence-corrected chi connectivity index (χ4v) is 4.31. The van der Waals surface area contributed by atoms with E-state index < -0.39 is 5.72 Å². The highest BCUT2D eigenvalue weighted by Gasteiger charge is 2.61. The molecule has 0 unspecified atom stereocenters. The fraction of sp³-hybridized carbons (Fsp3) is 0.556. The van der Waals surface area contributed by atoms with Gasteiger partial charge in [-0.25, -0.2) is 0 Å². The molecule has 2 amide bonds. The number of phenolic OH excluding ortho intramolecular Hbond substituents is 1. The number of hydrogen-bond acceptors (Lipinski definition) is 4. The van der Waals surface area contributed by atoms with E-state index >= 15 is 0 Å². The maximum absolute atomic E-state index is 12.7. The molecule has 4 rings (SSSR count). The number of ether oxygens (including phenoxy) is 1. The molecule has 6 heteroatoms. The van der Waals surface area contributed by atoms with E-state index in [1.54, 1.807) is 12.1 Å². The van der Waals surface area contributed by atoms with Gasteiger partial charge in [0.05, 0.1) is 19.1 Å². The van der Waals surface area contributed by atoms with Gasteiger partial charge in [0.25, 0.3) is 0 Å². The van der Waals surface area contributed by atoms with Crippen molar-refractivity contribution < 1.29 is 19.4 Å². The predicted octanol–water partition coefficient (Wildman–Crippen LogP) is 1.27. The van der Waals surface area contributed by atoms with Gasteiger partial charge in [-0.2, -0.15) is 0 Å². The highest BCUT2D eigenvalue weighted by atomic mass is 16.5. The van der Waals surface area contributed by atoms with Crippen molar-refractivity contribution in [2.75, 3.05) is 19.7 Å². The third-order valence-corrected chi connectivity index (χ3v) is 5.50. The second-order valence-corrected chi connectivity index (χ2v) is 6.82. The van der Waals surface area contributed by atoms with Crippen molar-refractivity contribution in [3.63, 3.8) is 0 Å². The minimum Gasteiger partial charge on any atom is -0.508 e. The molecule has 1 spiro atoms. The van der Waals surface area contributed by atoms with Crippen LogP contribution in [0.25, 0.3) is 0 Å². The minimum absolute atomic E-state index is 0.0776. The van der Waals surface area contributed by atoms with Crippen molar-refractivity contribution >= 4 is 11.8 Å². The molecule has 1 aromatic rings. The zero-order valence-corrected chi connectivity index (χ0v) is 13.6. The first-order chi connectivity index (χ1) is 11.6. The van der Waals surface area contributed by atoms with Gasteiger partial charge in [0.2, 0.25) is 11.8 Å².